The number of urea groups is 1. The molecule has 184 valence electrons. The van der Waals surface area contributed by atoms with Crippen LogP contribution in [-0.4, -0.2) is 41.4 Å². The van der Waals surface area contributed by atoms with E-state index in [1.54, 1.807) is 29.2 Å². The molecule has 2 aliphatic heterocycles. The van der Waals surface area contributed by atoms with Crippen molar-refractivity contribution >= 4 is 34.4 Å². The zero-order valence-corrected chi connectivity index (χ0v) is 19.9. The van der Waals surface area contributed by atoms with Gasteiger partial charge in [-0.3, -0.25) is 14.9 Å². The lowest BCUT2D eigenvalue weighted by molar-refractivity contribution is -0.124. The first-order valence-corrected chi connectivity index (χ1v) is 11.7. The van der Waals surface area contributed by atoms with Gasteiger partial charge in [0.15, 0.2) is 5.54 Å². The molecular weight excluding hydrogens is 470 g/mol. The molecule has 4 aromatic rings. The number of carbonyl (C=O) groups excluding carboxylic acids is 3. The SMILES string of the molecule is COc1ccc2c(c1)C(=O)N(C[C@]1(c3ccc(-c4nc(N)cc5ccccc45)cc3)NC(=O)NC1=O)C2. The smallest absolute Gasteiger partial charge is 0.322 e. The fourth-order valence-corrected chi connectivity index (χ4v) is 5.13. The van der Waals surface area contributed by atoms with Crippen LogP contribution >= 0.6 is 0 Å². The van der Waals surface area contributed by atoms with E-state index in [-0.39, 0.29) is 12.5 Å². The molecule has 0 saturated carbocycles. The molecule has 0 radical (unpaired) electrons. The summed E-state index contributed by atoms with van der Waals surface area (Å²) in [7, 11) is 1.54. The van der Waals surface area contributed by atoms with E-state index in [2.05, 4.69) is 15.6 Å². The van der Waals surface area contributed by atoms with Gasteiger partial charge in [0, 0.05) is 23.1 Å². The summed E-state index contributed by atoms with van der Waals surface area (Å²) >= 11 is 0. The molecule has 0 bridgehead atoms. The van der Waals surface area contributed by atoms with Gasteiger partial charge < -0.3 is 20.7 Å². The van der Waals surface area contributed by atoms with Crippen molar-refractivity contribution < 1.29 is 19.1 Å². The lowest BCUT2D eigenvalue weighted by Crippen LogP contribution is -2.52. The predicted molar refractivity (Wildman–Crippen MR) is 138 cm³/mol. The van der Waals surface area contributed by atoms with Crippen LogP contribution in [0.2, 0.25) is 0 Å². The molecule has 0 unspecified atom stereocenters. The van der Waals surface area contributed by atoms with Crippen LogP contribution in [0.4, 0.5) is 10.6 Å². The van der Waals surface area contributed by atoms with Crippen molar-refractivity contribution in [2.75, 3.05) is 19.4 Å². The number of hydrogen-bond acceptors (Lipinski definition) is 6. The summed E-state index contributed by atoms with van der Waals surface area (Å²) in [4.78, 5) is 44.8. The Bertz CT molecular complexity index is 1600. The summed E-state index contributed by atoms with van der Waals surface area (Å²) in [5.41, 5.74) is 8.04. The summed E-state index contributed by atoms with van der Waals surface area (Å²) in [5.74, 6) is 0.239. The maximum atomic E-state index is 13.2. The Morgan fingerprint density at radius 2 is 1.81 bits per heavy atom. The van der Waals surface area contributed by atoms with Gasteiger partial charge in [-0.1, -0.05) is 54.6 Å². The number of pyridine rings is 1. The second kappa shape index (κ2) is 8.34. The maximum absolute atomic E-state index is 13.2. The minimum atomic E-state index is -1.44. The van der Waals surface area contributed by atoms with Crippen LogP contribution in [0, 0.1) is 0 Å². The zero-order valence-electron chi connectivity index (χ0n) is 19.9. The van der Waals surface area contributed by atoms with Gasteiger partial charge in [-0.05, 0) is 34.7 Å². The number of nitrogen functional groups attached to an aromatic ring is 1. The molecule has 3 heterocycles. The second-order valence-corrected chi connectivity index (χ2v) is 9.19. The third-order valence-electron chi connectivity index (χ3n) is 6.98. The molecule has 2 aliphatic rings. The van der Waals surface area contributed by atoms with E-state index in [0.29, 0.717) is 29.2 Å². The molecule has 37 heavy (non-hydrogen) atoms. The highest BCUT2D eigenvalue weighted by Crippen LogP contribution is 2.34. The highest BCUT2D eigenvalue weighted by Gasteiger charge is 2.50. The van der Waals surface area contributed by atoms with Gasteiger partial charge in [0.2, 0.25) is 0 Å². The average Bonchev–Trinajstić information content (AvgIpc) is 3.37. The van der Waals surface area contributed by atoms with Crippen molar-refractivity contribution in [3.63, 3.8) is 0 Å². The van der Waals surface area contributed by atoms with Crippen molar-refractivity contribution in [3.8, 4) is 17.0 Å². The second-order valence-electron chi connectivity index (χ2n) is 9.19. The van der Waals surface area contributed by atoms with Crippen LogP contribution in [-0.2, 0) is 16.9 Å². The lowest BCUT2D eigenvalue weighted by Gasteiger charge is -2.31. The first-order chi connectivity index (χ1) is 17.9. The number of anilines is 1. The number of nitrogens with zero attached hydrogens (tertiary/aromatic N) is 2. The molecule has 1 atom stereocenters. The van der Waals surface area contributed by atoms with E-state index in [1.807, 2.05) is 48.5 Å². The maximum Gasteiger partial charge on any atom is 0.322 e. The summed E-state index contributed by atoms with van der Waals surface area (Å²) in [6.07, 6.45) is 0. The normalized spacial score (nSPS) is 18.6. The topological polar surface area (TPSA) is 127 Å². The number of benzene rings is 3. The quantitative estimate of drug-likeness (QED) is 0.367. The molecule has 1 fully saturated rings. The number of nitrogens with two attached hydrogens (primary N) is 1. The summed E-state index contributed by atoms with van der Waals surface area (Å²) in [6, 6.07) is 21.6. The number of rotatable bonds is 5. The van der Waals surface area contributed by atoms with Crippen LogP contribution in [0.15, 0.2) is 72.8 Å². The third kappa shape index (κ3) is 3.63. The van der Waals surface area contributed by atoms with Gasteiger partial charge in [0.25, 0.3) is 11.8 Å². The minimum absolute atomic E-state index is 0.0286. The number of fused-ring (bicyclic) bond motifs is 2. The number of aromatic nitrogens is 1. The first kappa shape index (κ1) is 22.5. The largest absolute Gasteiger partial charge is 0.497 e. The fourth-order valence-electron chi connectivity index (χ4n) is 5.13. The number of carbonyl (C=O) groups is 3. The number of methoxy groups -OCH3 is 1. The number of imide groups is 1. The van der Waals surface area contributed by atoms with Gasteiger partial charge in [0.05, 0.1) is 19.3 Å². The highest BCUT2D eigenvalue weighted by molar-refractivity contribution is 6.08. The molecule has 0 aliphatic carbocycles. The van der Waals surface area contributed by atoms with Crippen molar-refractivity contribution in [3.05, 3.63) is 89.5 Å². The number of hydrogen-bond donors (Lipinski definition) is 3. The predicted octanol–water partition coefficient (Wildman–Crippen LogP) is 3.18. The van der Waals surface area contributed by atoms with Crippen molar-refractivity contribution in [2.24, 2.45) is 0 Å². The van der Waals surface area contributed by atoms with Crippen molar-refractivity contribution in [1.82, 2.24) is 20.5 Å². The fraction of sp³-hybridized carbons (Fsp3) is 0.143. The Morgan fingerprint density at radius 3 is 2.54 bits per heavy atom. The Balaban J connectivity index is 1.37. The lowest BCUT2D eigenvalue weighted by atomic mass is 9.88. The van der Waals surface area contributed by atoms with Gasteiger partial charge in [-0.2, -0.15) is 0 Å². The molecule has 4 N–H and O–H groups in total. The van der Waals surface area contributed by atoms with E-state index in [1.165, 1.54) is 7.11 Å². The van der Waals surface area contributed by atoms with Crippen LogP contribution < -0.4 is 21.1 Å². The Kier molecular flexibility index (Phi) is 5.08. The molecule has 6 rings (SSSR count). The summed E-state index contributed by atoms with van der Waals surface area (Å²) < 4.78 is 5.25. The van der Waals surface area contributed by atoms with Crippen LogP contribution in [0.3, 0.4) is 0 Å². The monoisotopic (exact) mass is 493 g/mol. The van der Waals surface area contributed by atoms with E-state index >= 15 is 0 Å². The highest BCUT2D eigenvalue weighted by atomic mass is 16.5. The van der Waals surface area contributed by atoms with Gasteiger partial charge in [0.1, 0.15) is 11.6 Å². The van der Waals surface area contributed by atoms with E-state index in [4.69, 9.17) is 10.5 Å². The molecule has 9 nitrogen and oxygen atoms in total. The third-order valence-corrected chi connectivity index (χ3v) is 6.98. The van der Waals surface area contributed by atoms with Crippen LogP contribution in [0.1, 0.15) is 21.5 Å². The zero-order chi connectivity index (χ0) is 25.7. The number of amides is 4. The molecular formula is C28H23N5O4. The standard InChI is InChI=1S/C28H23N5O4/c1-37-20-11-8-18-14-33(25(34)22(18)13-20)15-28(26(35)31-27(36)32-28)19-9-6-16(7-10-19)24-21-5-3-2-4-17(21)12-23(29)30-24/h2-13H,14-15H2,1H3,(H2,29,30)(H2,31,32,35,36)/t28-/m1/s1. The molecule has 0 spiro atoms. The van der Waals surface area contributed by atoms with E-state index in [9.17, 15) is 14.4 Å². The first-order valence-electron chi connectivity index (χ1n) is 11.7. The van der Waals surface area contributed by atoms with Crippen molar-refractivity contribution in [1.29, 1.82) is 0 Å². The molecule has 3 aromatic carbocycles. The molecule has 1 saturated heterocycles. The summed E-state index contributed by atoms with van der Waals surface area (Å²) in [5, 5.41) is 7.03. The number of nitrogens with one attached hydrogen (secondary N) is 2. The van der Waals surface area contributed by atoms with Gasteiger partial charge in [-0.15, -0.1) is 0 Å². The van der Waals surface area contributed by atoms with Gasteiger partial charge >= 0.3 is 6.03 Å². The number of ether oxygens (including phenoxy) is 1. The van der Waals surface area contributed by atoms with E-state index in [0.717, 1.165) is 27.6 Å². The van der Waals surface area contributed by atoms with Crippen LogP contribution in [0.5, 0.6) is 5.75 Å². The Morgan fingerprint density at radius 1 is 1.03 bits per heavy atom. The minimum Gasteiger partial charge on any atom is -0.497 e. The Labute approximate surface area is 212 Å². The average molecular weight is 494 g/mol. The van der Waals surface area contributed by atoms with E-state index < -0.39 is 17.5 Å². The van der Waals surface area contributed by atoms with Crippen LogP contribution in [0.25, 0.3) is 22.0 Å². The molecule has 9 heteroatoms. The molecule has 1 aromatic heterocycles. The molecule has 4 amide bonds. The van der Waals surface area contributed by atoms with Crippen molar-refractivity contribution in [2.45, 2.75) is 12.1 Å². The van der Waals surface area contributed by atoms with Gasteiger partial charge in [-0.25, -0.2) is 9.78 Å². The Hall–Kier alpha value is -4.92. The summed E-state index contributed by atoms with van der Waals surface area (Å²) in [6.45, 7) is 0.291.